The standard InChI is InChI=1S/C15H14O6S.Na/c1-20-13-9-11(22(17,18)19)8-12(15(13)21-2)14(16)10-6-4-3-5-7-10;/h3-9H,1-2H3,(H,17,18,19);. The predicted octanol–water partition coefficient (Wildman–Crippen LogP) is 1.80. The Morgan fingerprint density at radius 1 is 1.04 bits per heavy atom. The molecule has 0 amide bonds. The van der Waals surface area contributed by atoms with Crippen molar-refractivity contribution in [3.05, 3.63) is 53.6 Å². The minimum absolute atomic E-state index is 0. The molecule has 2 rings (SSSR count). The molecule has 8 heteroatoms. The maximum absolute atomic E-state index is 12.6. The number of carbonyl (C=O) groups is 1. The Bertz CT molecular complexity index is 802. The van der Waals surface area contributed by atoms with Crippen LogP contribution in [0.1, 0.15) is 15.9 Å². The monoisotopic (exact) mass is 345 g/mol. The van der Waals surface area contributed by atoms with Gasteiger partial charge in [0, 0.05) is 41.2 Å². The Morgan fingerprint density at radius 3 is 2.13 bits per heavy atom. The molecule has 117 valence electrons. The molecule has 0 aliphatic carbocycles. The van der Waals surface area contributed by atoms with Crippen molar-refractivity contribution in [2.75, 3.05) is 14.2 Å². The van der Waals surface area contributed by atoms with Crippen molar-refractivity contribution in [1.82, 2.24) is 0 Å². The predicted molar refractivity (Wildman–Crippen MR) is 85.0 cm³/mol. The van der Waals surface area contributed by atoms with Gasteiger partial charge in [0.2, 0.25) is 0 Å². The molecule has 0 saturated carbocycles. The molecule has 0 saturated heterocycles. The van der Waals surface area contributed by atoms with Gasteiger partial charge in [-0.2, -0.15) is 8.42 Å². The molecule has 6 nitrogen and oxygen atoms in total. The van der Waals surface area contributed by atoms with E-state index < -0.39 is 20.8 Å². The maximum atomic E-state index is 12.6. The van der Waals surface area contributed by atoms with Crippen molar-refractivity contribution in [3.63, 3.8) is 0 Å². The summed E-state index contributed by atoms with van der Waals surface area (Å²) in [4.78, 5) is 12.1. The Hall–Kier alpha value is -1.38. The number of methoxy groups -OCH3 is 2. The molecular weight excluding hydrogens is 331 g/mol. The molecule has 0 fully saturated rings. The van der Waals surface area contributed by atoms with Crippen LogP contribution < -0.4 is 9.47 Å². The van der Waals surface area contributed by atoms with Gasteiger partial charge in [-0.25, -0.2) is 0 Å². The second-order valence-corrected chi connectivity index (χ2v) is 5.80. The van der Waals surface area contributed by atoms with Gasteiger partial charge in [0.25, 0.3) is 10.1 Å². The first kappa shape index (κ1) is 19.7. The molecule has 0 bridgehead atoms. The van der Waals surface area contributed by atoms with Gasteiger partial charge in [-0.3, -0.25) is 9.35 Å². The van der Waals surface area contributed by atoms with Crippen LogP contribution in [0, 0.1) is 0 Å². The number of ether oxygens (including phenoxy) is 2. The molecule has 0 aliphatic rings. The largest absolute Gasteiger partial charge is 0.493 e. The van der Waals surface area contributed by atoms with Crippen LogP contribution in [0.15, 0.2) is 47.4 Å². The van der Waals surface area contributed by atoms with E-state index in [4.69, 9.17) is 9.47 Å². The van der Waals surface area contributed by atoms with Crippen LogP contribution in [0.4, 0.5) is 0 Å². The van der Waals surface area contributed by atoms with E-state index in [0.29, 0.717) is 5.56 Å². The minimum Gasteiger partial charge on any atom is -0.493 e. The third-order valence-corrected chi connectivity index (χ3v) is 3.86. The maximum Gasteiger partial charge on any atom is 0.294 e. The zero-order valence-electron chi connectivity index (χ0n) is 12.9. The SMILES string of the molecule is COc1cc(S(=O)(=O)O)cc(C(=O)c2ccccc2)c1OC.[Na]. The number of ketones is 1. The first-order chi connectivity index (χ1) is 10.4. The van der Waals surface area contributed by atoms with E-state index in [9.17, 15) is 17.8 Å². The Balaban J connectivity index is 0.00000264. The quantitative estimate of drug-likeness (QED) is 0.505. The van der Waals surface area contributed by atoms with E-state index in [-0.39, 0.29) is 46.6 Å². The summed E-state index contributed by atoms with van der Waals surface area (Å²) >= 11 is 0. The van der Waals surface area contributed by atoms with Crippen LogP contribution >= 0.6 is 0 Å². The third-order valence-electron chi connectivity index (χ3n) is 3.03. The van der Waals surface area contributed by atoms with Gasteiger partial charge in [0.1, 0.15) is 0 Å². The molecule has 0 atom stereocenters. The molecule has 0 unspecified atom stereocenters. The van der Waals surface area contributed by atoms with Crippen molar-refractivity contribution in [2.45, 2.75) is 4.90 Å². The van der Waals surface area contributed by atoms with Crippen LogP contribution in [0.5, 0.6) is 11.5 Å². The van der Waals surface area contributed by atoms with E-state index in [1.807, 2.05) is 0 Å². The van der Waals surface area contributed by atoms with Crippen LogP contribution in [-0.4, -0.2) is 62.5 Å². The van der Waals surface area contributed by atoms with E-state index in [1.54, 1.807) is 30.3 Å². The topological polar surface area (TPSA) is 89.9 Å². The van der Waals surface area contributed by atoms with Gasteiger partial charge < -0.3 is 9.47 Å². The second-order valence-electron chi connectivity index (χ2n) is 4.38. The summed E-state index contributed by atoms with van der Waals surface area (Å²) in [5.74, 6) is -0.304. The van der Waals surface area contributed by atoms with Crippen molar-refractivity contribution < 1.29 is 27.2 Å². The zero-order chi connectivity index (χ0) is 16.3. The smallest absolute Gasteiger partial charge is 0.294 e. The van der Waals surface area contributed by atoms with Gasteiger partial charge in [-0.05, 0) is 6.07 Å². The van der Waals surface area contributed by atoms with Crippen molar-refractivity contribution in [3.8, 4) is 11.5 Å². The van der Waals surface area contributed by atoms with E-state index >= 15 is 0 Å². The Labute approximate surface area is 156 Å². The van der Waals surface area contributed by atoms with Gasteiger partial charge in [0.15, 0.2) is 17.3 Å². The number of hydrogen-bond donors (Lipinski definition) is 1. The molecule has 0 aromatic heterocycles. The fourth-order valence-electron chi connectivity index (χ4n) is 2.00. The minimum atomic E-state index is -4.49. The molecule has 23 heavy (non-hydrogen) atoms. The molecule has 1 radical (unpaired) electrons. The number of hydrogen-bond acceptors (Lipinski definition) is 5. The summed E-state index contributed by atoms with van der Waals surface area (Å²) in [7, 11) is -1.84. The van der Waals surface area contributed by atoms with Crippen LogP contribution in [0.25, 0.3) is 0 Å². The molecule has 0 heterocycles. The second kappa shape index (κ2) is 7.94. The summed E-state index contributed by atoms with van der Waals surface area (Å²) in [6, 6.07) is 10.5. The first-order valence-electron chi connectivity index (χ1n) is 6.21. The summed E-state index contributed by atoms with van der Waals surface area (Å²) in [5.41, 5.74) is 0.344. The van der Waals surface area contributed by atoms with Crippen LogP contribution in [0.2, 0.25) is 0 Å². The summed E-state index contributed by atoms with van der Waals surface area (Å²) in [5, 5.41) is 0. The molecule has 0 spiro atoms. The summed E-state index contributed by atoms with van der Waals surface area (Å²) in [6.45, 7) is 0. The molecule has 1 N–H and O–H groups in total. The average Bonchev–Trinajstić information content (AvgIpc) is 2.52. The zero-order valence-corrected chi connectivity index (χ0v) is 15.8. The molecule has 2 aromatic rings. The molecule has 2 aromatic carbocycles. The van der Waals surface area contributed by atoms with Crippen molar-refractivity contribution in [1.29, 1.82) is 0 Å². The fourth-order valence-corrected chi connectivity index (χ4v) is 2.52. The number of rotatable bonds is 5. The van der Waals surface area contributed by atoms with E-state index in [2.05, 4.69) is 0 Å². The molecular formula is C15H14NaO6S. The number of benzene rings is 2. The van der Waals surface area contributed by atoms with Gasteiger partial charge in [0.05, 0.1) is 24.7 Å². The first-order valence-corrected chi connectivity index (χ1v) is 7.65. The third kappa shape index (κ3) is 4.33. The van der Waals surface area contributed by atoms with E-state index in [0.717, 1.165) is 12.1 Å². The van der Waals surface area contributed by atoms with Crippen molar-refractivity contribution in [2.24, 2.45) is 0 Å². The fraction of sp³-hybridized carbons (Fsp3) is 0.133. The molecule has 0 aliphatic heterocycles. The van der Waals surface area contributed by atoms with Crippen LogP contribution in [-0.2, 0) is 10.1 Å². The number of carbonyl (C=O) groups excluding carboxylic acids is 1. The average molecular weight is 345 g/mol. The van der Waals surface area contributed by atoms with Gasteiger partial charge in [-0.1, -0.05) is 30.3 Å². The van der Waals surface area contributed by atoms with Gasteiger partial charge in [-0.15, -0.1) is 0 Å². The van der Waals surface area contributed by atoms with Gasteiger partial charge >= 0.3 is 0 Å². The van der Waals surface area contributed by atoms with Crippen molar-refractivity contribution >= 4 is 45.5 Å². The van der Waals surface area contributed by atoms with E-state index in [1.165, 1.54) is 14.2 Å². The Kier molecular flexibility index (Phi) is 6.79. The summed E-state index contributed by atoms with van der Waals surface area (Å²) in [6.07, 6.45) is 0. The normalized spacial score (nSPS) is 10.6. The Morgan fingerprint density at radius 2 is 1.65 bits per heavy atom. The summed E-state index contributed by atoms with van der Waals surface area (Å²) < 4.78 is 42.1. The van der Waals surface area contributed by atoms with Crippen LogP contribution in [0.3, 0.4) is 0 Å².